The third kappa shape index (κ3) is 3.51. The van der Waals surface area contributed by atoms with Crippen molar-refractivity contribution in [3.05, 3.63) is 0 Å². The molecule has 2 N–H and O–H groups in total. The lowest BCUT2D eigenvalue weighted by atomic mass is 10.2. The van der Waals surface area contributed by atoms with E-state index in [1.54, 1.807) is 4.90 Å². The second-order valence-corrected chi connectivity index (χ2v) is 7.39. The highest BCUT2D eigenvalue weighted by Crippen LogP contribution is 2.10. The van der Waals surface area contributed by atoms with Crippen molar-refractivity contribution >= 4 is 22.0 Å². The molecule has 2 amide bonds. The van der Waals surface area contributed by atoms with Crippen molar-refractivity contribution in [3.63, 3.8) is 0 Å². The molecule has 2 saturated heterocycles. The van der Waals surface area contributed by atoms with Gasteiger partial charge in [0.2, 0.25) is 11.8 Å². The standard InChI is InChI=1S/C11H21N5O4S/c1-14(2)21(19,20)16-5-3-15(4-6-16)11(18)9-7-13-10(17)8-12-9/h9,12H,3-8H2,1-2H3,(H,13,17). The van der Waals surface area contributed by atoms with E-state index in [1.807, 2.05) is 0 Å². The summed E-state index contributed by atoms with van der Waals surface area (Å²) in [6.45, 7) is 1.69. The lowest BCUT2D eigenvalue weighted by Gasteiger charge is -2.37. The average Bonchev–Trinajstić information content (AvgIpc) is 2.47. The predicted octanol–water partition coefficient (Wildman–Crippen LogP) is -2.97. The van der Waals surface area contributed by atoms with Crippen molar-refractivity contribution in [3.8, 4) is 0 Å². The third-order valence-electron chi connectivity index (χ3n) is 3.65. The summed E-state index contributed by atoms with van der Waals surface area (Å²) in [5.41, 5.74) is 0. The van der Waals surface area contributed by atoms with Crippen LogP contribution in [0.25, 0.3) is 0 Å². The molecule has 0 radical (unpaired) electrons. The summed E-state index contributed by atoms with van der Waals surface area (Å²) in [4.78, 5) is 25.0. The zero-order valence-electron chi connectivity index (χ0n) is 12.2. The molecular formula is C11H21N5O4S. The number of hydrogen-bond donors (Lipinski definition) is 2. The van der Waals surface area contributed by atoms with Crippen molar-refractivity contribution in [2.24, 2.45) is 0 Å². The Morgan fingerprint density at radius 3 is 2.33 bits per heavy atom. The average molecular weight is 319 g/mol. The van der Waals surface area contributed by atoms with Gasteiger partial charge in [-0.1, -0.05) is 0 Å². The van der Waals surface area contributed by atoms with E-state index in [4.69, 9.17) is 0 Å². The zero-order valence-corrected chi connectivity index (χ0v) is 13.0. The highest BCUT2D eigenvalue weighted by atomic mass is 32.2. The molecule has 0 saturated carbocycles. The number of hydrogen-bond acceptors (Lipinski definition) is 5. The first-order valence-corrected chi connectivity index (χ1v) is 8.18. The van der Waals surface area contributed by atoms with Gasteiger partial charge in [0, 0.05) is 46.8 Å². The van der Waals surface area contributed by atoms with Crippen LogP contribution in [-0.2, 0) is 19.8 Å². The molecule has 0 spiro atoms. The van der Waals surface area contributed by atoms with Crippen molar-refractivity contribution < 1.29 is 18.0 Å². The van der Waals surface area contributed by atoms with Crippen LogP contribution in [-0.4, -0.2) is 93.1 Å². The van der Waals surface area contributed by atoms with Crippen LogP contribution < -0.4 is 10.6 Å². The zero-order chi connectivity index (χ0) is 15.6. The minimum absolute atomic E-state index is 0.100. The molecule has 0 aromatic heterocycles. The van der Waals surface area contributed by atoms with Crippen LogP contribution in [0.15, 0.2) is 0 Å². The van der Waals surface area contributed by atoms with Gasteiger partial charge in [0.05, 0.1) is 6.54 Å². The first kappa shape index (κ1) is 16.1. The molecule has 2 aliphatic rings. The Labute approximate surface area is 124 Å². The number of carbonyl (C=O) groups excluding carboxylic acids is 2. The second-order valence-electron chi connectivity index (χ2n) is 5.25. The smallest absolute Gasteiger partial charge is 0.281 e. The van der Waals surface area contributed by atoms with Crippen LogP contribution in [0, 0.1) is 0 Å². The lowest BCUT2D eigenvalue weighted by Crippen LogP contribution is -2.61. The summed E-state index contributed by atoms with van der Waals surface area (Å²) >= 11 is 0. The van der Waals surface area contributed by atoms with Gasteiger partial charge in [-0.05, 0) is 0 Å². The molecule has 2 fully saturated rings. The van der Waals surface area contributed by atoms with Crippen LogP contribution in [0.4, 0.5) is 0 Å². The largest absolute Gasteiger partial charge is 0.353 e. The van der Waals surface area contributed by atoms with Crippen LogP contribution in [0.3, 0.4) is 0 Å². The summed E-state index contributed by atoms with van der Waals surface area (Å²) in [5, 5.41) is 5.52. The highest BCUT2D eigenvalue weighted by molar-refractivity contribution is 7.86. The topological polar surface area (TPSA) is 102 Å². The van der Waals surface area contributed by atoms with Gasteiger partial charge in [0.15, 0.2) is 0 Å². The number of rotatable bonds is 3. The molecule has 120 valence electrons. The Morgan fingerprint density at radius 2 is 1.86 bits per heavy atom. The maximum atomic E-state index is 12.3. The van der Waals surface area contributed by atoms with Gasteiger partial charge < -0.3 is 10.2 Å². The number of piperazine rings is 2. The van der Waals surface area contributed by atoms with E-state index in [1.165, 1.54) is 22.7 Å². The third-order valence-corrected chi connectivity index (χ3v) is 5.59. The summed E-state index contributed by atoms with van der Waals surface area (Å²) < 4.78 is 26.5. The minimum atomic E-state index is -3.43. The number of nitrogens with zero attached hydrogens (tertiary/aromatic N) is 3. The first-order chi connectivity index (χ1) is 9.82. The fourth-order valence-electron chi connectivity index (χ4n) is 2.33. The summed E-state index contributed by atoms with van der Waals surface area (Å²) in [5.74, 6) is -0.224. The molecule has 1 atom stereocenters. The van der Waals surface area contributed by atoms with E-state index < -0.39 is 16.3 Å². The lowest BCUT2D eigenvalue weighted by molar-refractivity contribution is -0.136. The molecule has 2 aliphatic heterocycles. The van der Waals surface area contributed by atoms with E-state index in [0.717, 1.165) is 0 Å². The Bertz CT molecular complexity index is 503. The molecule has 0 aromatic rings. The fraction of sp³-hybridized carbons (Fsp3) is 0.818. The molecule has 0 aliphatic carbocycles. The second kappa shape index (κ2) is 6.26. The van der Waals surface area contributed by atoms with Crippen LogP contribution in [0.2, 0.25) is 0 Å². The van der Waals surface area contributed by atoms with Crippen molar-refractivity contribution in [1.29, 1.82) is 0 Å². The van der Waals surface area contributed by atoms with E-state index in [9.17, 15) is 18.0 Å². The summed E-state index contributed by atoms with van der Waals surface area (Å²) in [6.07, 6.45) is 0. The SMILES string of the molecule is CN(C)S(=O)(=O)N1CCN(C(=O)C2CNC(=O)CN2)CC1. The Morgan fingerprint density at radius 1 is 1.24 bits per heavy atom. The highest BCUT2D eigenvalue weighted by Gasteiger charge is 2.33. The summed E-state index contributed by atoms with van der Waals surface area (Å²) in [7, 11) is -0.450. The summed E-state index contributed by atoms with van der Waals surface area (Å²) in [6, 6.07) is -0.431. The van der Waals surface area contributed by atoms with Crippen LogP contribution in [0.1, 0.15) is 0 Å². The van der Waals surface area contributed by atoms with Crippen molar-refractivity contribution in [2.75, 3.05) is 53.4 Å². The Kier molecular flexibility index (Phi) is 4.81. The maximum absolute atomic E-state index is 12.3. The van der Waals surface area contributed by atoms with Gasteiger partial charge in [0.25, 0.3) is 10.2 Å². The number of carbonyl (C=O) groups is 2. The van der Waals surface area contributed by atoms with E-state index in [2.05, 4.69) is 10.6 Å². The molecule has 2 heterocycles. The molecule has 2 rings (SSSR count). The monoisotopic (exact) mass is 319 g/mol. The first-order valence-electron chi connectivity index (χ1n) is 6.79. The van der Waals surface area contributed by atoms with Gasteiger partial charge in [-0.2, -0.15) is 17.0 Å². The van der Waals surface area contributed by atoms with Gasteiger partial charge in [0.1, 0.15) is 6.04 Å². The van der Waals surface area contributed by atoms with Gasteiger partial charge in [-0.25, -0.2) is 0 Å². The molecular weight excluding hydrogens is 298 g/mol. The molecule has 9 nitrogen and oxygen atoms in total. The molecule has 1 unspecified atom stereocenters. The van der Waals surface area contributed by atoms with E-state index >= 15 is 0 Å². The number of nitrogens with one attached hydrogen (secondary N) is 2. The van der Waals surface area contributed by atoms with Gasteiger partial charge >= 0.3 is 0 Å². The van der Waals surface area contributed by atoms with Crippen molar-refractivity contribution in [2.45, 2.75) is 6.04 Å². The molecule has 0 aromatic carbocycles. The van der Waals surface area contributed by atoms with E-state index in [-0.39, 0.29) is 38.0 Å². The minimum Gasteiger partial charge on any atom is -0.353 e. The Balaban J connectivity index is 1.89. The maximum Gasteiger partial charge on any atom is 0.281 e. The Hall–Kier alpha value is -1.23. The van der Waals surface area contributed by atoms with Gasteiger partial charge in [-0.3, -0.25) is 14.9 Å². The van der Waals surface area contributed by atoms with Crippen LogP contribution in [0.5, 0.6) is 0 Å². The normalized spacial score (nSPS) is 25.0. The molecule has 21 heavy (non-hydrogen) atoms. The van der Waals surface area contributed by atoms with Gasteiger partial charge in [-0.15, -0.1) is 0 Å². The van der Waals surface area contributed by atoms with Crippen LogP contribution >= 0.6 is 0 Å². The fourth-order valence-corrected chi connectivity index (χ4v) is 3.42. The van der Waals surface area contributed by atoms with E-state index in [0.29, 0.717) is 13.1 Å². The van der Waals surface area contributed by atoms with Crippen molar-refractivity contribution in [1.82, 2.24) is 24.1 Å². The molecule has 10 heteroatoms. The predicted molar refractivity (Wildman–Crippen MR) is 75.6 cm³/mol. The molecule has 0 bridgehead atoms. The quantitative estimate of drug-likeness (QED) is 0.578. The number of amides is 2.